The van der Waals surface area contributed by atoms with Crippen LogP contribution in [0.2, 0.25) is 10.0 Å². The van der Waals surface area contributed by atoms with Gasteiger partial charge in [-0.1, -0.05) is 104 Å². The number of halogens is 3. The molecule has 0 radical (unpaired) electrons. The van der Waals surface area contributed by atoms with Crippen LogP contribution in [0.4, 0.5) is 4.39 Å². The average Bonchev–Trinajstić information content (AvgIpc) is 3.59. The van der Waals surface area contributed by atoms with Crippen molar-refractivity contribution in [3.8, 4) is 16.9 Å². The van der Waals surface area contributed by atoms with Crippen LogP contribution in [-0.2, 0) is 29.7 Å². The Hall–Kier alpha value is -4.67. The van der Waals surface area contributed by atoms with Crippen LogP contribution in [0.15, 0.2) is 120 Å². The quantitative estimate of drug-likeness (QED) is 0.131. The Kier molecular flexibility index (Phi) is 10.8. The number of aromatic amines is 1. The van der Waals surface area contributed by atoms with E-state index in [1.807, 2.05) is 83.9 Å². The first-order valence-electron chi connectivity index (χ1n) is 16.4. The van der Waals surface area contributed by atoms with E-state index in [1.54, 1.807) is 12.1 Å². The first kappa shape index (κ1) is 36.1. The highest BCUT2D eigenvalue weighted by Crippen LogP contribution is 2.37. The van der Waals surface area contributed by atoms with Gasteiger partial charge in [-0.05, 0) is 76.2 Å². The van der Waals surface area contributed by atoms with E-state index in [-0.39, 0.29) is 40.8 Å². The molecule has 11 heteroatoms. The molecule has 1 amide bonds. The minimum atomic E-state index is -4.35. The molecule has 6 rings (SSSR count). The molecule has 1 heterocycles. The molecule has 1 aromatic heterocycles. The van der Waals surface area contributed by atoms with E-state index in [0.717, 1.165) is 27.6 Å². The van der Waals surface area contributed by atoms with E-state index in [0.29, 0.717) is 29.8 Å². The van der Waals surface area contributed by atoms with E-state index in [1.165, 1.54) is 28.6 Å². The number of carbonyl (C=O) groups excluding carboxylic acids is 1. The molecular formula is C40H36Cl2FN3O4S. The van der Waals surface area contributed by atoms with Gasteiger partial charge in [0, 0.05) is 53.9 Å². The van der Waals surface area contributed by atoms with Gasteiger partial charge in [-0.2, -0.15) is 4.31 Å². The molecule has 0 saturated carbocycles. The number of phenols is 1. The monoisotopic (exact) mass is 743 g/mol. The molecule has 0 aliphatic carbocycles. The SMILES string of the molecule is CC(C)CN(Cc1cccc(CN(Cc2ccc(-c3ccc(F)cc3)cc2)S(=O)(=O)c2cc(Cl)cc(Cl)c2O)c1)C(=O)c1cccc2[nH]ccc12. The van der Waals surface area contributed by atoms with Crippen LogP contribution in [0.1, 0.15) is 40.9 Å². The normalized spacial score (nSPS) is 11.8. The number of aromatic hydroxyl groups is 1. The number of benzene rings is 5. The van der Waals surface area contributed by atoms with Crippen molar-refractivity contribution in [3.05, 3.63) is 154 Å². The third-order valence-electron chi connectivity index (χ3n) is 8.52. The van der Waals surface area contributed by atoms with Gasteiger partial charge < -0.3 is 15.0 Å². The van der Waals surface area contributed by atoms with Gasteiger partial charge in [0.15, 0.2) is 5.75 Å². The maximum Gasteiger partial charge on any atom is 0.254 e. The number of amides is 1. The zero-order chi connectivity index (χ0) is 36.3. The first-order valence-corrected chi connectivity index (χ1v) is 18.5. The zero-order valence-electron chi connectivity index (χ0n) is 28.0. The lowest BCUT2D eigenvalue weighted by Gasteiger charge is -2.26. The molecule has 6 aromatic rings. The number of aromatic nitrogens is 1. The molecule has 0 aliphatic heterocycles. The fourth-order valence-corrected chi connectivity index (χ4v) is 8.27. The number of hydrogen-bond donors (Lipinski definition) is 2. The summed E-state index contributed by atoms with van der Waals surface area (Å²) in [6, 6.07) is 30.9. The number of nitrogens with one attached hydrogen (secondary N) is 1. The predicted molar refractivity (Wildman–Crippen MR) is 201 cm³/mol. The summed E-state index contributed by atoms with van der Waals surface area (Å²) in [5.41, 5.74) is 5.33. The summed E-state index contributed by atoms with van der Waals surface area (Å²) < 4.78 is 43.3. The lowest BCUT2D eigenvalue weighted by Crippen LogP contribution is -2.34. The lowest BCUT2D eigenvalue weighted by molar-refractivity contribution is 0.0724. The third-order valence-corrected chi connectivity index (χ3v) is 10.8. The molecule has 262 valence electrons. The largest absolute Gasteiger partial charge is 0.505 e. The van der Waals surface area contributed by atoms with Crippen molar-refractivity contribution in [1.29, 1.82) is 0 Å². The van der Waals surface area contributed by atoms with Crippen molar-refractivity contribution in [3.63, 3.8) is 0 Å². The van der Waals surface area contributed by atoms with E-state index in [9.17, 15) is 22.7 Å². The lowest BCUT2D eigenvalue weighted by atomic mass is 10.0. The fraction of sp³-hybridized carbons (Fsp3) is 0.175. The maximum absolute atomic E-state index is 14.3. The highest BCUT2D eigenvalue weighted by molar-refractivity contribution is 7.89. The summed E-state index contributed by atoms with van der Waals surface area (Å²) in [5, 5.41) is 11.5. The van der Waals surface area contributed by atoms with E-state index >= 15 is 0 Å². The summed E-state index contributed by atoms with van der Waals surface area (Å²) >= 11 is 12.4. The molecule has 5 aromatic carbocycles. The summed E-state index contributed by atoms with van der Waals surface area (Å²) in [7, 11) is -4.35. The number of sulfonamides is 1. The van der Waals surface area contributed by atoms with Gasteiger partial charge in [0.2, 0.25) is 10.0 Å². The van der Waals surface area contributed by atoms with E-state index in [2.05, 4.69) is 18.8 Å². The smallest absolute Gasteiger partial charge is 0.254 e. The van der Waals surface area contributed by atoms with Crippen LogP contribution in [-0.4, -0.2) is 40.2 Å². The molecule has 0 spiro atoms. The Bertz CT molecular complexity index is 2290. The summed E-state index contributed by atoms with van der Waals surface area (Å²) in [6.45, 7) is 4.85. The number of hydrogen-bond acceptors (Lipinski definition) is 4. The minimum Gasteiger partial charge on any atom is -0.505 e. The van der Waals surface area contributed by atoms with Crippen molar-refractivity contribution < 1.29 is 22.7 Å². The van der Waals surface area contributed by atoms with Gasteiger partial charge >= 0.3 is 0 Å². The Morgan fingerprint density at radius 1 is 0.804 bits per heavy atom. The van der Waals surface area contributed by atoms with Gasteiger partial charge in [-0.3, -0.25) is 4.79 Å². The highest BCUT2D eigenvalue weighted by atomic mass is 35.5. The Balaban J connectivity index is 1.31. The maximum atomic E-state index is 14.3. The van der Waals surface area contributed by atoms with E-state index in [4.69, 9.17) is 23.2 Å². The number of H-pyrrole nitrogens is 1. The number of rotatable bonds is 12. The van der Waals surface area contributed by atoms with Crippen LogP contribution in [0, 0.1) is 11.7 Å². The molecule has 0 unspecified atom stereocenters. The summed E-state index contributed by atoms with van der Waals surface area (Å²) in [4.78, 5) is 18.5. The molecule has 0 saturated heterocycles. The second-order valence-electron chi connectivity index (χ2n) is 12.9. The Labute approximate surface area is 306 Å². The van der Waals surface area contributed by atoms with Crippen molar-refractivity contribution in [2.24, 2.45) is 5.92 Å². The van der Waals surface area contributed by atoms with Gasteiger partial charge in [0.25, 0.3) is 5.91 Å². The number of fused-ring (bicyclic) bond motifs is 1. The topological polar surface area (TPSA) is 93.7 Å². The van der Waals surface area contributed by atoms with Crippen molar-refractivity contribution in [1.82, 2.24) is 14.2 Å². The van der Waals surface area contributed by atoms with Crippen molar-refractivity contribution in [2.45, 2.75) is 38.4 Å². The zero-order valence-corrected chi connectivity index (χ0v) is 30.3. The standard InChI is InChI=1S/C40H36Cl2FN3O4S/c1-26(2)22-45(40(48)35-7-4-8-37-34(35)17-18-44-37)23-28-5-3-6-29(19-28)25-46(51(49,50)38-21-32(41)20-36(42)39(38)47)24-27-9-11-30(12-10-27)31-13-15-33(43)16-14-31/h3-21,26,44,47H,22-25H2,1-2H3. The molecule has 0 bridgehead atoms. The molecule has 0 atom stereocenters. The molecular weight excluding hydrogens is 708 g/mol. The van der Waals surface area contributed by atoms with Gasteiger partial charge in [-0.25, -0.2) is 12.8 Å². The fourth-order valence-electron chi connectivity index (χ4n) is 6.11. The van der Waals surface area contributed by atoms with Crippen LogP contribution in [0.25, 0.3) is 22.0 Å². The summed E-state index contributed by atoms with van der Waals surface area (Å²) in [6.07, 6.45) is 1.81. The van der Waals surface area contributed by atoms with Gasteiger partial charge in [0.1, 0.15) is 10.7 Å². The molecule has 51 heavy (non-hydrogen) atoms. The van der Waals surface area contributed by atoms with Crippen molar-refractivity contribution >= 4 is 50.0 Å². The summed E-state index contributed by atoms with van der Waals surface area (Å²) in [5.74, 6) is -0.819. The molecule has 7 nitrogen and oxygen atoms in total. The highest BCUT2D eigenvalue weighted by Gasteiger charge is 2.30. The number of phenolic OH excluding ortho intramolecular Hbond substituents is 1. The first-order chi connectivity index (χ1) is 24.4. The second-order valence-corrected chi connectivity index (χ2v) is 15.6. The number of nitrogens with zero attached hydrogens (tertiary/aromatic N) is 2. The molecule has 0 aliphatic rings. The van der Waals surface area contributed by atoms with E-state index < -0.39 is 20.7 Å². The molecule has 2 N–H and O–H groups in total. The third kappa shape index (κ3) is 8.29. The van der Waals surface area contributed by atoms with Gasteiger partial charge in [-0.15, -0.1) is 0 Å². The predicted octanol–water partition coefficient (Wildman–Crippen LogP) is 9.68. The number of carbonyl (C=O) groups is 1. The van der Waals surface area contributed by atoms with Crippen LogP contribution < -0.4 is 0 Å². The van der Waals surface area contributed by atoms with Crippen LogP contribution >= 0.6 is 23.2 Å². The average molecular weight is 745 g/mol. The van der Waals surface area contributed by atoms with Crippen molar-refractivity contribution in [2.75, 3.05) is 6.54 Å². The Morgan fingerprint density at radius 2 is 1.43 bits per heavy atom. The van der Waals surface area contributed by atoms with Gasteiger partial charge in [0.05, 0.1) is 5.02 Å². The van der Waals surface area contributed by atoms with Crippen LogP contribution in [0.3, 0.4) is 0 Å². The molecule has 0 fully saturated rings. The van der Waals surface area contributed by atoms with Crippen LogP contribution in [0.5, 0.6) is 5.75 Å². The second kappa shape index (κ2) is 15.3. The Morgan fingerprint density at radius 3 is 2.12 bits per heavy atom. The minimum absolute atomic E-state index is 0.0432.